The van der Waals surface area contributed by atoms with Gasteiger partial charge in [0.1, 0.15) is 0 Å². The number of hydrogen-bond acceptors (Lipinski definition) is 2. The van der Waals surface area contributed by atoms with E-state index in [0.29, 0.717) is 17.5 Å². The van der Waals surface area contributed by atoms with E-state index < -0.39 is 7.60 Å². The fourth-order valence-electron chi connectivity index (χ4n) is 4.04. The Kier molecular flexibility index (Phi) is 19.2. The predicted octanol–water partition coefficient (Wildman–Crippen LogP) is 8.45. The Hall–Kier alpha value is -0.150. The van der Waals surface area contributed by atoms with Crippen molar-refractivity contribution in [3.8, 4) is 0 Å². The van der Waals surface area contributed by atoms with Crippen molar-refractivity contribution in [1.29, 1.82) is 0 Å². The summed E-state index contributed by atoms with van der Waals surface area (Å²) in [6, 6.07) is 0. The van der Waals surface area contributed by atoms with Gasteiger partial charge in [-0.3, -0.25) is 4.57 Å². The second-order valence-corrected chi connectivity index (χ2v) is 12.1. The number of quaternary nitrogens is 1. The van der Waals surface area contributed by atoms with Gasteiger partial charge in [0.05, 0.1) is 27.7 Å². The maximum atomic E-state index is 12.6. The molecule has 0 bridgehead atoms. The molecule has 186 valence electrons. The zero-order valence-corrected chi connectivity index (χ0v) is 22.5. The quantitative estimate of drug-likeness (QED) is 0.0763. The first-order valence-electron chi connectivity index (χ1n) is 13.2. The Morgan fingerprint density at radius 2 is 1.19 bits per heavy atom. The molecule has 0 aromatic heterocycles. The van der Waals surface area contributed by atoms with E-state index in [2.05, 4.69) is 26.0 Å². The number of allylic oxidation sites excluding steroid dienone is 2. The Morgan fingerprint density at radius 1 is 0.742 bits per heavy atom. The molecule has 4 nitrogen and oxygen atoms in total. The van der Waals surface area contributed by atoms with Crippen LogP contribution in [0.2, 0.25) is 0 Å². The third kappa shape index (κ3) is 18.0. The number of rotatable bonds is 22. The van der Waals surface area contributed by atoms with Gasteiger partial charge in [-0.25, -0.2) is 0 Å². The van der Waals surface area contributed by atoms with Gasteiger partial charge in [-0.1, -0.05) is 96.6 Å². The summed E-state index contributed by atoms with van der Waals surface area (Å²) in [7, 11) is 2.35. The Balaban J connectivity index is 3.54. The van der Waals surface area contributed by atoms with E-state index >= 15 is 0 Å². The van der Waals surface area contributed by atoms with Gasteiger partial charge in [-0.2, -0.15) is 0 Å². The summed E-state index contributed by atoms with van der Waals surface area (Å²) in [6.07, 6.45) is 25.4. The maximum absolute atomic E-state index is 12.6. The zero-order chi connectivity index (χ0) is 23.4. The van der Waals surface area contributed by atoms with Crippen LogP contribution in [0.5, 0.6) is 0 Å². The summed E-state index contributed by atoms with van der Waals surface area (Å²) in [5.74, 6) is -0.334. The highest BCUT2D eigenvalue weighted by molar-refractivity contribution is 7.53. The molecule has 0 aliphatic carbocycles. The van der Waals surface area contributed by atoms with Gasteiger partial charge in [0.2, 0.25) is 0 Å². The minimum absolute atomic E-state index is 0.334. The van der Waals surface area contributed by atoms with Gasteiger partial charge in [0, 0.05) is 6.42 Å². The smallest absolute Gasteiger partial charge is 0.320 e. The molecule has 2 unspecified atom stereocenters. The minimum atomic E-state index is -3.56. The van der Waals surface area contributed by atoms with Crippen molar-refractivity contribution in [2.24, 2.45) is 0 Å². The molecular formula is C26H55NO3P+. The Labute approximate surface area is 195 Å². The molecule has 0 radical (unpaired) electrons. The molecule has 1 N–H and O–H groups in total. The van der Waals surface area contributed by atoms with E-state index in [-0.39, 0.29) is 5.78 Å². The highest BCUT2D eigenvalue weighted by atomic mass is 31.2. The van der Waals surface area contributed by atoms with Gasteiger partial charge < -0.3 is 13.9 Å². The minimum Gasteiger partial charge on any atom is -0.320 e. The summed E-state index contributed by atoms with van der Waals surface area (Å²) in [5, 5.41) is 0. The lowest BCUT2D eigenvalue weighted by atomic mass is 10.1. The van der Waals surface area contributed by atoms with E-state index in [1.807, 2.05) is 21.1 Å². The van der Waals surface area contributed by atoms with E-state index in [0.717, 1.165) is 19.3 Å². The van der Waals surface area contributed by atoms with Crippen molar-refractivity contribution >= 4 is 7.60 Å². The van der Waals surface area contributed by atoms with E-state index in [1.165, 1.54) is 83.5 Å². The van der Waals surface area contributed by atoms with Crippen LogP contribution in [0.4, 0.5) is 0 Å². The molecule has 0 heterocycles. The molecule has 5 heteroatoms. The highest BCUT2D eigenvalue weighted by Gasteiger charge is 2.41. The number of nitrogens with zero attached hydrogens (tertiary/aromatic N) is 1. The summed E-state index contributed by atoms with van der Waals surface area (Å²) >= 11 is 0. The third-order valence-electron chi connectivity index (χ3n) is 6.00. The van der Waals surface area contributed by atoms with Crippen LogP contribution < -0.4 is 0 Å². The molecule has 0 amide bonds. The van der Waals surface area contributed by atoms with E-state index in [4.69, 9.17) is 4.52 Å². The lowest BCUT2D eigenvalue weighted by Crippen LogP contribution is -2.45. The SMILES string of the molecule is CCCCC=CCCCCCCCCCCCCCOP(=O)(O)C(CCC)[N+](C)(C)C. The van der Waals surface area contributed by atoms with Crippen LogP contribution in [0.1, 0.15) is 123 Å². The monoisotopic (exact) mass is 460 g/mol. The molecule has 0 fully saturated rings. The van der Waals surface area contributed by atoms with Crippen LogP contribution >= 0.6 is 7.60 Å². The van der Waals surface area contributed by atoms with E-state index in [9.17, 15) is 9.46 Å². The molecule has 2 atom stereocenters. The molecule has 0 rings (SSSR count). The Morgan fingerprint density at radius 3 is 1.65 bits per heavy atom. The molecule has 0 saturated carbocycles. The zero-order valence-electron chi connectivity index (χ0n) is 21.6. The topological polar surface area (TPSA) is 46.5 Å². The molecule has 0 spiro atoms. The van der Waals surface area contributed by atoms with Crippen molar-refractivity contribution in [1.82, 2.24) is 0 Å². The normalized spacial score (nSPS) is 15.4. The van der Waals surface area contributed by atoms with Crippen molar-refractivity contribution in [2.75, 3.05) is 27.7 Å². The van der Waals surface area contributed by atoms with Crippen LogP contribution in [0.25, 0.3) is 0 Å². The van der Waals surface area contributed by atoms with Gasteiger partial charge in [-0.05, 0) is 32.1 Å². The first kappa shape index (κ1) is 30.9. The van der Waals surface area contributed by atoms with Crippen LogP contribution in [0.15, 0.2) is 12.2 Å². The van der Waals surface area contributed by atoms with Crippen molar-refractivity contribution in [3.63, 3.8) is 0 Å². The molecule has 0 aliphatic heterocycles. The second-order valence-electron chi connectivity index (χ2n) is 10.1. The van der Waals surface area contributed by atoms with Gasteiger partial charge >= 0.3 is 7.60 Å². The molecule has 0 saturated heterocycles. The fraction of sp³-hybridized carbons (Fsp3) is 0.923. The highest BCUT2D eigenvalue weighted by Crippen LogP contribution is 2.51. The fourth-order valence-corrected chi connectivity index (χ4v) is 6.06. The van der Waals surface area contributed by atoms with Crippen molar-refractivity contribution in [2.45, 2.75) is 129 Å². The maximum Gasteiger partial charge on any atom is 0.385 e. The average molecular weight is 461 g/mol. The first-order valence-corrected chi connectivity index (χ1v) is 14.8. The van der Waals surface area contributed by atoms with Gasteiger partial charge in [0.15, 0.2) is 5.78 Å². The predicted molar refractivity (Wildman–Crippen MR) is 137 cm³/mol. The van der Waals surface area contributed by atoms with E-state index in [1.54, 1.807) is 0 Å². The van der Waals surface area contributed by atoms with Crippen LogP contribution in [-0.2, 0) is 9.09 Å². The molecule has 0 aromatic rings. The largest absolute Gasteiger partial charge is 0.385 e. The molecule has 0 aliphatic rings. The first-order chi connectivity index (χ1) is 14.8. The van der Waals surface area contributed by atoms with Gasteiger partial charge in [0.25, 0.3) is 0 Å². The molecule has 31 heavy (non-hydrogen) atoms. The average Bonchev–Trinajstić information content (AvgIpc) is 2.70. The lowest BCUT2D eigenvalue weighted by Gasteiger charge is -2.35. The van der Waals surface area contributed by atoms with Gasteiger partial charge in [-0.15, -0.1) is 0 Å². The third-order valence-corrected chi connectivity index (χ3v) is 8.26. The number of unbranched alkanes of at least 4 members (excludes halogenated alkanes) is 13. The summed E-state index contributed by atoms with van der Waals surface area (Å²) < 4.78 is 18.6. The molecule has 0 aromatic carbocycles. The van der Waals surface area contributed by atoms with Crippen LogP contribution in [0.3, 0.4) is 0 Å². The van der Waals surface area contributed by atoms with Crippen molar-refractivity contribution < 1.29 is 18.5 Å². The summed E-state index contributed by atoms with van der Waals surface area (Å²) in [5.41, 5.74) is 0. The van der Waals surface area contributed by atoms with Crippen LogP contribution in [-0.4, -0.2) is 42.9 Å². The van der Waals surface area contributed by atoms with Crippen LogP contribution in [0, 0.1) is 0 Å². The second kappa shape index (κ2) is 19.3. The summed E-state index contributed by atoms with van der Waals surface area (Å²) in [4.78, 5) is 10.4. The lowest BCUT2D eigenvalue weighted by molar-refractivity contribution is -0.883. The van der Waals surface area contributed by atoms with Crippen molar-refractivity contribution in [3.05, 3.63) is 12.2 Å². The standard InChI is InChI=1S/C26H54NO3P/c1-6-8-9-10-11-12-13-14-15-16-17-18-19-20-21-22-23-25-30-31(28,29)26(24-7-2)27(3,4)5/h10-11,26H,6-9,12-25H2,1-5H3/p+1. The molecular weight excluding hydrogens is 405 g/mol. The number of hydrogen-bond donors (Lipinski definition) is 1. The summed E-state index contributed by atoms with van der Waals surface area (Å²) in [6.45, 7) is 4.70. The Bertz CT molecular complexity index is 474.